The number of hydrogen-bond acceptors (Lipinski definition) is 2. The number of anilines is 3. The van der Waals surface area contributed by atoms with Crippen LogP contribution in [0.2, 0.25) is 0 Å². The molecular weight excluding hydrogens is 583 g/mol. The molecule has 0 aliphatic carbocycles. The average Bonchev–Trinajstić information content (AvgIpc) is 3.17. The van der Waals surface area contributed by atoms with E-state index in [2.05, 4.69) is 187 Å². The van der Waals surface area contributed by atoms with Crippen LogP contribution in [0.25, 0.3) is 55.3 Å². The van der Waals surface area contributed by atoms with E-state index in [1.165, 1.54) is 44.3 Å². The SMILES string of the molecule is c1ccc(-c2ccc(N(c3ccc(-c4ccccc4)cc3)c3ccc4c(-c5ccccc5)ccc5c4c3Oc3ccccc3-5)cc2)cc1. The third-order valence-electron chi connectivity index (χ3n) is 9.29. The lowest BCUT2D eigenvalue weighted by Crippen LogP contribution is -2.12. The summed E-state index contributed by atoms with van der Waals surface area (Å²) in [6, 6.07) is 66.7. The summed E-state index contributed by atoms with van der Waals surface area (Å²) in [6.07, 6.45) is 0. The van der Waals surface area contributed by atoms with E-state index in [-0.39, 0.29) is 0 Å². The normalized spacial score (nSPS) is 11.5. The fourth-order valence-electron chi connectivity index (χ4n) is 6.96. The first-order valence-electron chi connectivity index (χ1n) is 16.4. The van der Waals surface area contributed by atoms with E-state index >= 15 is 0 Å². The van der Waals surface area contributed by atoms with Gasteiger partial charge in [0.15, 0.2) is 5.75 Å². The Kier molecular flexibility index (Phi) is 6.84. The highest BCUT2D eigenvalue weighted by atomic mass is 16.5. The smallest absolute Gasteiger partial charge is 0.159 e. The molecule has 2 nitrogen and oxygen atoms in total. The Morgan fingerprint density at radius 1 is 0.333 bits per heavy atom. The van der Waals surface area contributed by atoms with Crippen LogP contribution in [0.4, 0.5) is 17.1 Å². The summed E-state index contributed by atoms with van der Waals surface area (Å²) in [6.45, 7) is 0. The summed E-state index contributed by atoms with van der Waals surface area (Å²) < 4.78 is 6.94. The molecule has 8 aromatic carbocycles. The van der Waals surface area contributed by atoms with Crippen molar-refractivity contribution in [2.24, 2.45) is 0 Å². The Bertz CT molecular complexity index is 2300. The van der Waals surface area contributed by atoms with Crippen molar-refractivity contribution < 1.29 is 4.74 Å². The maximum Gasteiger partial charge on any atom is 0.159 e. The molecule has 0 bridgehead atoms. The molecule has 8 aromatic rings. The van der Waals surface area contributed by atoms with Gasteiger partial charge in [0.05, 0.1) is 5.69 Å². The number of ether oxygens (including phenoxy) is 1. The molecule has 0 fully saturated rings. The number of para-hydroxylation sites is 1. The van der Waals surface area contributed by atoms with Gasteiger partial charge in [-0.25, -0.2) is 0 Å². The van der Waals surface area contributed by atoms with Crippen LogP contribution in [-0.2, 0) is 0 Å². The minimum atomic E-state index is 0.859. The molecule has 226 valence electrons. The van der Waals surface area contributed by atoms with Crippen LogP contribution in [0.5, 0.6) is 11.5 Å². The summed E-state index contributed by atoms with van der Waals surface area (Å²) in [4.78, 5) is 2.32. The van der Waals surface area contributed by atoms with Gasteiger partial charge in [-0.05, 0) is 80.7 Å². The first-order chi connectivity index (χ1) is 23.8. The van der Waals surface area contributed by atoms with Gasteiger partial charge in [0, 0.05) is 22.3 Å². The third kappa shape index (κ3) is 4.83. The second-order valence-corrected chi connectivity index (χ2v) is 12.1. The number of nitrogens with zero attached hydrogens (tertiary/aromatic N) is 1. The second-order valence-electron chi connectivity index (χ2n) is 12.1. The van der Waals surface area contributed by atoms with Crippen LogP contribution >= 0.6 is 0 Å². The van der Waals surface area contributed by atoms with Gasteiger partial charge in [0.2, 0.25) is 0 Å². The second kappa shape index (κ2) is 11.8. The predicted molar refractivity (Wildman–Crippen MR) is 200 cm³/mol. The zero-order valence-corrected chi connectivity index (χ0v) is 26.3. The molecular formula is C46H31NO. The highest BCUT2D eigenvalue weighted by molar-refractivity contribution is 6.13. The van der Waals surface area contributed by atoms with Crippen molar-refractivity contribution in [1.29, 1.82) is 0 Å². The van der Waals surface area contributed by atoms with Gasteiger partial charge in [-0.1, -0.05) is 152 Å². The Morgan fingerprint density at radius 2 is 0.812 bits per heavy atom. The fourth-order valence-corrected chi connectivity index (χ4v) is 6.96. The van der Waals surface area contributed by atoms with E-state index in [0.29, 0.717) is 0 Å². The summed E-state index contributed by atoms with van der Waals surface area (Å²) in [5.41, 5.74) is 12.5. The van der Waals surface area contributed by atoms with Crippen LogP contribution in [0.1, 0.15) is 0 Å². The lowest BCUT2D eigenvalue weighted by Gasteiger charge is -2.31. The summed E-state index contributed by atoms with van der Waals surface area (Å²) in [5, 5.41) is 2.30. The molecule has 1 aliphatic rings. The molecule has 0 amide bonds. The topological polar surface area (TPSA) is 12.5 Å². The van der Waals surface area contributed by atoms with E-state index in [1.807, 2.05) is 6.07 Å². The van der Waals surface area contributed by atoms with Gasteiger partial charge in [-0.3, -0.25) is 0 Å². The Hall–Kier alpha value is -6.38. The molecule has 9 rings (SSSR count). The van der Waals surface area contributed by atoms with Crippen molar-refractivity contribution in [3.63, 3.8) is 0 Å². The molecule has 0 N–H and O–H groups in total. The number of benzene rings is 8. The van der Waals surface area contributed by atoms with Gasteiger partial charge in [-0.2, -0.15) is 0 Å². The molecule has 0 radical (unpaired) electrons. The first kappa shape index (κ1) is 27.9. The zero-order valence-electron chi connectivity index (χ0n) is 26.3. The minimum Gasteiger partial charge on any atom is -0.454 e. The number of hydrogen-bond donors (Lipinski definition) is 0. The zero-order chi connectivity index (χ0) is 31.9. The number of rotatable bonds is 6. The monoisotopic (exact) mass is 613 g/mol. The Balaban J connectivity index is 1.26. The fraction of sp³-hybridized carbons (Fsp3) is 0. The van der Waals surface area contributed by atoms with E-state index in [9.17, 15) is 0 Å². The summed E-state index contributed by atoms with van der Waals surface area (Å²) >= 11 is 0. The van der Waals surface area contributed by atoms with Gasteiger partial charge in [0.25, 0.3) is 0 Å². The summed E-state index contributed by atoms with van der Waals surface area (Å²) in [5.74, 6) is 1.73. The predicted octanol–water partition coefficient (Wildman–Crippen LogP) is 13.1. The van der Waals surface area contributed by atoms with Crippen molar-refractivity contribution in [3.8, 4) is 56.0 Å². The molecule has 0 atom stereocenters. The van der Waals surface area contributed by atoms with Crippen molar-refractivity contribution in [3.05, 3.63) is 188 Å². The maximum atomic E-state index is 6.94. The van der Waals surface area contributed by atoms with Crippen molar-refractivity contribution in [2.75, 3.05) is 4.90 Å². The average molecular weight is 614 g/mol. The van der Waals surface area contributed by atoms with Crippen molar-refractivity contribution in [2.45, 2.75) is 0 Å². The minimum absolute atomic E-state index is 0.859. The Morgan fingerprint density at radius 3 is 1.40 bits per heavy atom. The molecule has 1 aliphatic heterocycles. The van der Waals surface area contributed by atoms with E-state index in [4.69, 9.17) is 4.74 Å². The number of fused-ring (bicyclic) bond motifs is 2. The van der Waals surface area contributed by atoms with Crippen LogP contribution in [0.3, 0.4) is 0 Å². The quantitative estimate of drug-likeness (QED) is 0.185. The van der Waals surface area contributed by atoms with Gasteiger partial charge in [-0.15, -0.1) is 0 Å². The third-order valence-corrected chi connectivity index (χ3v) is 9.29. The highest BCUT2D eigenvalue weighted by Gasteiger charge is 2.27. The molecule has 0 aromatic heterocycles. The van der Waals surface area contributed by atoms with Crippen LogP contribution in [0.15, 0.2) is 188 Å². The van der Waals surface area contributed by atoms with Crippen LogP contribution in [0, 0.1) is 0 Å². The van der Waals surface area contributed by atoms with Gasteiger partial charge >= 0.3 is 0 Å². The van der Waals surface area contributed by atoms with E-state index < -0.39 is 0 Å². The molecule has 0 spiro atoms. The molecule has 48 heavy (non-hydrogen) atoms. The largest absolute Gasteiger partial charge is 0.454 e. The van der Waals surface area contributed by atoms with Crippen LogP contribution < -0.4 is 9.64 Å². The molecule has 1 heterocycles. The summed E-state index contributed by atoms with van der Waals surface area (Å²) in [7, 11) is 0. The van der Waals surface area contributed by atoms with Crippen molar-refractivity contribution >= 4 is 27.8 Å². The van der Waals surface area contributed by atoms with Gasteiger partial charge < -0.3 is 9.64 Å². The molecule has 0 saturated heterocycles. The van der Waals surface area contributed by atoms with Crippen LogP contribution in [-0.4, -0.2) is 0 Å². The molecule has 0 saturated carbocycles. The van der Waals surface area contributed by atoms with E-state index in [0.717, 1.165) is 39.5 Å². The maximum absolute atomic E-state index is 6.94. The van der Waals surface area contributed by atoms with Crippen molar-refractivity contribution in [1.82, 2.24) is 0 Å². The Labute approximate surface area is 280 Å². The molecule has 2 heteroatoms. The highest BCUT2D eigenvalue weighted by Crippen LogP contribution is 2.54. The molecule has 0 unspecified atom stereocenters. The lowest BCUT2D eigenvalue weighted by molar-refractivity contribution is 0.488. The lowest BCUT2D eigenvalue weighted by atomic mass is 9.89. The first-order valence-corrected chi connectivity index (χ1v) is 16.4. The van der Waals surface area contributed by atoms with E-state index in [1.54, 1.807) is 0 Å². The standard InChI is InChI=1S/C46H31NO/c1-4-12-32(13-5-1)34-20-24-37(25-21-34)47(38-26-22-35(23-27-38)33-14-6-2-7-15-33)43-31-30-41-39(36-16-8-3-9-17-36)28-29-42-40-18-10-11-19-44(40)48-46(43)45(41)42/h1-31H. The van der Waals surface area contributed by atoms with Gasteiger partial charge in [0.1, 0.15) is 5.75 Å².